The van der Waals surface area contributed by atoms with Crippen molar-refractivity contribution in [3.05, 3.63) is 72.8 Å². The van der Waals surface area contributed by atoms with Crippen molar-refractivity contribution in [3.63, 3.8) is 0 Å². The second kappa shape index (κ2) is 7.06. The molecular weight excluding hydrogens is 467 g/mol. The molecule has 0 unspecified atom stereocenters. The van der Waals surface area contributed by atoms with Crippen molar-refractivity contribution in [2.45, 2.75) is 0 Å². The molecular formula is C18H15NSe3. The molecule has 110 valence electrons. The average molecular weight is 482 g/mol. The maximum atomic E-state index is 2.58. The van der Waals surface area contributed by atoms with Crippen LogP contribution in [-0.4, -0.2) is 48.0 Å². The Morgan fingerprint density at radius 3 is 0.864 bits per heavy atom. The first kappa shape index (κ1) is 15.9. The first-order valence-corrected chi connectivity index (χ1v) is 9.62. The monoisotopic (exact) mass is 485 g/mol. The molecule has 0 aliphatic carbocycles. The van der Waals surface area contributed by atoms with Crippen LogP contribution < -0.4 is 18.3 Å². The quantitative estimate of drug-likeness (QED) is 0.499. The van der Waals surface area contributed by atoms with Gasteiger partial charge >= 0.3 is 156 Å². The van der Waals surface area contributed by atoms with Gasteiger partial charge in [0.25, 0.3) is 0 Å². The van der Waals surface area contributed by atoms with Crippen LogP contribution in [0.25, 0.3) is 0 Å². The molecule has 0 atom stereocenters. The van der Waals surface area contributed by atoms with Crippen LogP contribution in [0.4, 0.5) is 17.1 Å². The number of hydrogen-bond donors (Lipinski definition) is 0. The van der Waals surface area contributed by atoms with Gasteiger partial charge in [-0.05, 0) is 0 Å². The van der Waals surface area contributed by atoms with Crippen molar-refractivity contribution in [2.24, 2.45) is 0 Å². The van der Waals surface area contributed by atoms with Crippen molar-refractivity contribution in [2.75, 3.05) is 4.90 Å². The number of anilines is 3. The van der Waals surface area contributed by atoms with Crippen molar-refractivity contribution in [1.82, 2.24) is 0 Å². The topological polar surface area (TPSA) is 3.24 Å². The second-order valence-electron chi connectivity index (χ2n) is 4.88. The van der Waals surface area contributed by atoms with E-state index in [0.29, 0.717) is 0 Å². The minimum absolute atomic E-state index is 1.16. The van der Waals surface area contributed by atoms with Crippen LogP contribution >= 0.6 is 0 Å². The zero-order chi connectivity index (χ0) is 15.5. The fourth-order valence-corrected chi connectivity index (χ4v) is 3.19. The van der Waals surface area contributed by atoms with Gasteiger partial charge in [0.2, 0.25) is 0 Å². The molecule has 22 heavy (non-hydrogen) atoms. The summed E-state index contributed by atoms with van der Waals surface area (Å²) in [6, 6.07) is 25.7. The van der Waals surface area contributed by atoms with Gasteiger partial charge < -0.3 is 0 Å². The zero-order valence-corrected chi connectivity index (χ0v) is 17.3. The van der Waals surface area contributed by atoms with E-state index in [1.165, 1.54) is 13.4 Å². The third kappa shape index (κ3) is 3.67. The summed E-state index contributed by atoms with van der Waals surface area (Å²) in [5.41, 5.74) is 3.48. The van der Waals surface area contributed by atoms with E-state index in [1.807, 2.05) is 0 Å². The first-order chi connectivity index (χ1) is 10.6. The SMILES string of the molecule is [SeH]c1ccc(N(c2ccc([SeH])cc2)c2ccc([SeH])cc2)cc1. The molecule has 0 bridgehead atoms. The van der Waals surface area contributed by atoms with Crippen LogP contribution in [0, 0.1) is 0 Å². The number of nitrogens with zero attached hydrogens (tertiary/aromatic N) is 1. The van der Waals surface area contributed by atoms with Crippen LogP contribution in [0.2, 0.25) is 0 Å². The van der Waals surface area contributed by atoms with E-state index < -0.39 is 0 Å². The minimum atomic E-state index is 1.16. The number of hydrogen-bond acceptors (Lipinski definition) is 1. The summed E-state index contributed by atoms with van der Waals surface area (Å²) in [6.45, 7) is 0. The van der Waals surface area contributed by atoms with Crippen LogP contribution in [0.3, 0.4) is 0 Å². The molecule has 0 radical (unpaired) electrons. The summed E-state index contributed by atoms with van der Waals surface area (Å²) < 4.78 is 3.62. The van der Waals surface area contributed by atoms with Crippen LogP contribution in [0.1, 0.15) is 0 Å². The van der Waals surface area contributed by atoms with Crippen molar-refractivity contribution in [3.8, 4) is 0 Å². The molecule has 3 rings (SSSR count). The standard InChI is InChI=1S/C18H15NSe3/c20-16-7-1-13(2-8-16)19(14-3-9-17(21)10-4-14)15-5-11-18(22)12-6-15/h1-12,20-22H. The molecule has 0 fully saturated rings. The van der Waals surface area contributed by atoms with Crippen LogP contribution in [0.15, 0.2) is 72.8 Å². The van der Waals surface area contributed by atoms with Crippen LogP contribution in [-0.2, 0) is 0 Å². The summed E-state index contributed by atoms with van der Waals surface area (Å²) in [5, 5.41) is 0. The van der Waals surface area contributed by atoms with E-state index in [1.54, 1.807) is 0 Å². The van der Waals surface area contributed by atoms with E-state index in [-0.39, 0.29) is 0 Å². The van der Waals surface area contributed by atoms with Crippen LogP contribution in [0.5, 0.6) is 0 Å². The Bertz CT molecular complexity index is 642. The van der Waals surface area contributed by atoms with Gasteiger partial charge in [-0.25, -0.2) is 0 Å². The summed E-state index contributed by atoms with van der Waals surface area (Å²) >= 11 is 7.73. The third-order valence-corrected chi connectivity index (χ3v) is 5.20. The van der Waals surface area contributed by atoms with Crippen molar-refractivity contribution < 1.29 is 0 Å². The van der Waals surface area contributed by atoms with Gasteiger partial charge in [-0.15, -0.1) is 0 Å². The molecule has 0 amide bonds. The second-order valence-corrected chi connectivity index (χ2v) is 8.13. The Kier molecular flexibility index (Phi) is 5.10. The molecule has 0 saturated carbocycles. The van der Waals surface area contributed by atoms with E-state index in [9.17, 15) is 0 Å². The van der Waals surface area contributed by atoms with Gasteiger partial charge in [-0.2, -0.15) is 0 Å². The Morgan fingerprint density at radius 2 is 0.636 bits per heavy atom. The van der Waals surface area contributed by atoms with Gasteiger partial charge in [-0.3, -0.25) is 0 Å². The van der Waals surface area contributed by atoms with E-state index in [0.717, 1.165) is 17.1 Å². The van der Waals surface area contributed by atoms with Gasteiger partial charge in [-0.1, -0.05) is 0 Å². The molecule has 0 aliphatic heterocycles. The van der Waals surface area contributed by atoms with Gasteiger partial charge in [0.1, 0.15) is 0 Å². The third-order valence-electron chi connectivity index (χ3n) is 3.32. The Hall–Kier alpha value is -0.982. The maximum absolute atomic E-state index is 2.58. The van der Waals surface area contributed by atoms with Gasteiger partial charge in [0.15, 0.2) is 0 Å². The molecule has 1 nitrogen and oxygen atoms in total. The van der Waals surface area contributed by atoms with E-state index >= 15 is 0 Å². The summed E-state index contributed by atoms with van der Waals surface area (Å²) in [7, 11) is 0. The number of benzene rings is 3. The molecule has 0 heterocycles. The summed E-state index contributed by atoms with van der Waals surface area (Å²) in [6.07, 6.45) is 0. The number of rotatable bonds is 3. The van der Waals surface area contributed by atoms with Crippen molar-refractivity contribution >= 4 is 78.5 Å². The van der Waals surface area contributed by atoms with Gasteiger partial charge in [0.05, 0.1) is 0 Å². The van der Waals surface area contributed by atoms with E-state index in [2.05, 4.69) is 126 Å². The van der Waals surface area contributed by atoms with E-state index in [4.69, 9.17) is 0 Å². The summed E-state index contributed by atoms with van der Waals surface area (Å²) in [5.74, 6) is 0. The summed E-state index contributed by atoms with van der Waals surface area (Å²) in [4.78, 5) is 2.27. The fourth-order valence-electron chi connectivity index (χ4n) is 2.25. The first-order valence-electron chi connectivity index (χ1n) is 6.81. The normalized spacial score (nSPS) is 10.5. The predicted molar refractivity (Wildman–Crippen MR) is 101 cm³/mol. The fraction of sp³-hybridized carbons (Fsp3) is 0. The predicted octanol–water partition coefficient (Wildman–Crippen LogP) is 0.735. The molecule has 0 saturated heterocycles. The molecule has 0 spiro atoms. The Labute approximate surface area is 155 Å². The van der Waals surface area contributed by atoms with Gasteiger partial charge in [0, 0.05) is 0 Å². The molecule has 4 heteroatoms. The molecule has 3 aromatic carbocycles. The zero-order valence-electron chi connectivity index (χ0n) is 11.7. The average Bonchev–Trinajstić information content (AvgIpc) is 2.53. The molecule has 0 aliphatic rings. The molecule has 0 aromatic heterocycles. The molecule has 0 N–H and O–H groups in total. The Balaban J connectivity index is 2.10. The molecule has 3 aromatic rings. The Morgan fingerprint density at radius 1 is 0.409 bits per heavy atom. The van der Waals surface area contributed by atoms with Crippen molar-refractivity contribution in [1.29, 1.82) is 0 Å².